The number of aromatic nitrogens is 4. The van der Waals surface area contributed by atoms with Crippen molar-refractivity contribution >= 4 is 43.7 Å². The number of benzene rings is 6. The number of hydrogen-bond donors (Lipinski definition) is 0. The van der Waals surface area contributed by atoms with Crippen LogP contribution in [0.3, 0.4) is 0 Å². The van der Waals surface area contributed by atoms with Gasteiger partial charge in [-0.05, 0) is 48.5 Å². The van der Waals surface area contributed by atoms with Crippen molar-refractivity contribution in [2.24, 2.45) is 0 Å². The molecule has 0 amide bonds. The van der Waals surface area contributed by atoms with E-state index in [4.69, 9.17) is 18.1 Å². The molecule has 9 aromatic rings. The fourth-order valence-electron chi connectivity index (χ4n) is 5.70. The quantitative estimate of drug-likeness (QED) is 0.210. The number of rotatable bonds is 4. The van der Waals surface area contributed by atoms with E-state index >= 15 is 0 Å². The molecule has 0 atom stereocenters. The van der Waals surface area contributed by atoms with Crippen LogP contribution >= 0.6 is 0 Å². The minimum absolute atomic E-state index is 0.0246. The summed E-state index contributed by atoms with van der Waals surface area (Å²) in [5.41, 5.74) is 3.93. The topological polar surface area (TPSA) is 56.7 Å². The van der Waals surface area contributed by atoms with Crippen molar-refractivity contribution in [3.8, 4) is 39.9 Å². The summed E-state index contributed by atoms with van der Waals surface area (Å²) in [5.74, 6) is -0.683. The molecule has 206 valence electrons. The Morgan fingerprint density at radius 1 is 0.477 bits per heavy atom. The molecular weight excluding hydrogens is 540 g/mol. The highest BCUT2D eigenvalue weighted by atomic mass is 16.3. The summed E-state index contributed by atoms with van der Waals surface area (Å²) in [6, 6.07) is 21.6. The third-order valence-corrected chi connectivity index (χ3v) is 7.63. The second-order valence-corrected chi connectivity index (χ2v) is 10.2. The normalized spacial score (nSPS) is 14.8. The maximum atomic E-state index is 8.62. The van der Waals surface area contributed by atoms with Gasteiger partial charge in [-0.15, -0.1) is 0 Å². The van der Waals surface area contributed by atoms with Crippen LogP contribution in [0.25, 0.3) is 83.6 Å². The molecule has 5 nitrogen and oxygen atoms in total. The van der Waals surface area contributed by atoms with Gasteiger partial charge in [0.05, 0.1) is 24.7 Å². The Labute approximate surface area is 266 Å². The standard InChI is InChI=1S/C39H24N4O/c1-3-11-25(12-4-1)37-40-38(26-13-5-2-6-14-26)42-39(41-37)27-19-21-35-31(23-27)32-24-28(20-22-36(32)44-35)43-33-17-9-7-15-29(33)30-16-8-10-18-34(30)43/h1-24H/i1D,2D,3D,4D,5D,6D,11D,12D,13D,14D. The van der Waals surface area contributed by atoms with Crippen LogP contribution in [-0.4, -0.2) is 19.5 Å². The molecule has 0 spiro atoms. The fraction of sp³-hybridized carbons (Fsp3) is 0. The van der Waals surface area contributed by atoms with Gasteiger partial charge >= 0.3 is 0 Å². The molecule has 5 heteroatoms. The van der Waals surface area contributed by atoms with Crippen molar-refractivity contribution in [1.82, 2.24) is 19.5 Å². The van der Waals surface area contributed by atoms with Gasteiger partial charge in [0.15, 0.2) is 17.5 Å². The number of furan rings is 1. The van der Waals surface area contributed by atoms with Gasteiger partial charge in [0, 0.05) is 43.9 Å². The SMILES string of the molecule is [2H]c1c([2H])c([2H])c(-c2nc(-c3ccc4oc5ccc(-n6c7ccccc7c7ccccc76)cc5c4c3)nc(-c3c([2H])c([2H])c([2H])c([2H])c3[2H])n2)c([2H])c1[2H]. The third kappa shape index (κ3) is 3.91. The molecule has 0 aliphatic carbocycles. The molecule has 3 aromatic heterocycles. The second-order valence-electron chi connectivity index (χ2n) is 10.2. The van der Waals surface area contributed by atoms with E-state index in [1.165, 1.54) is 0 Å². The maximum Gasteiger partial charge on any atom is 0.164 e. The first-order valence-corrected chi connectivity index (χ1v) is 13.8. The van der Waals surface area contributed by atoms with Crippen molar-refractivity contribution in [3.05, 3.63) is 145 Å². The summed E-state index contributed by atoms with van der Waals surface area (Å²) in [5, 5.41) is 3.73. The Morgan fingerprint density at radius 3 is 1.57 bits per heavy atom. The summed E-state index contributed by atoms with van der Waals surface area (Å²) in [6.45, 7) is 0. The zero-order valence-electron chi connectivity index (χ0n) is 32.8. The number of fused-ring (bicyclic) bond motifs is 6. The Bertz CT molecular complexity index is 2880. The summed E-state index contributed by atoms with van der Waals surface area (Å²) in [7, 11) is 0. The monoisotopic (exact) mass is 574 g/mol. The van der Waals surface area contributed by atoms with Crippen LogP contribution in [0.4, 0.5) is 0 Å². The molecular formula is C39H24N4O. The Balaban J connectivity index is 1.29. The molecule has 0 aliphatic rings. The van der Waals surface area contributed by atoms with E-state index in [9.17, 15) is 0 Å². The first-order valence-electron chi connectivity index (χ1n) is 18.8. The number of para-hydroxylation sites is 2. The summed E-state index contributed by atoms with van der Waals surface area (Å²) in [4.78, 5) is 13.5. The minimum Gasteiger partial charge on any atom is -0.456 e. The Hall–Kier alpha value is -6.07. The summed E-state index contributed by atoms with van der Waals surface area (Å²) >= 11 is 0. The van der Waals surface area contributed by atoms with Gasteiger partial charge in [-0.1, -0.05) is 96.8 Å². The molecule has 0 saturated carbocycles. The van der Waals surface area contributed by atoms with Crippen molar-refractivity contribution in [2.75, 3.05) is 0 Å². The lowest BCUT2D eigenvalue weighted by molar-refractivity contribution is 0.669. The van der Waals surface area contributed by atoms with Crippen LogP contribution in [0, 0.1) is 0 Å². The lowest BCUT2D eigenvalue weighted by Gasteiger charge is -2.09. The van der Waals surface area contributed by atoms with Crippen molar-refractivity contribution in [2.45, 2.75) is 0 Å². The lowest BCUT2D eigenvalue weighted by atomic mass is 10.1. The molecule has 0 aliphatic heterocycles. The van der Waals surface area contributed by atoms with E-state index in [1.807, 2.05) is 42.5 Å². The van der Waals surface area contributed by atoms with Crippen LogP contribution in [-0.2, 0) is 0 Å². The molecule has 0 bridgehead atoms. The smallest absolute Gasteiger partial charge is 0.164 e. The van der Waals surface area contributed by atoms with Crippen LogP contribution in [0.15, 0.2) is 150 Å². The second kappa shape index (κ2) is 9.75. The molecule has 0 saturated heterocycles. The van der Waals surface area contributed by atoms with Crippen LogP contribution in [0.5, 0.6) is 0 Å². The Morgan fingerprint density at radius 2 is 0.977 bits per heavy atom. The van der Waals surface area contributed by atoms with Gasteiger partial charge < -0.3 is 8.98 Å². The molecule has 9 rings (SSSR count). The van der Waals surface area contributed by atoms with Crippen molar-refractivity contribution in [3.63, 3.8) is 0 Å². The number of nitrogens with zero attached hydrogens (tertiary/aromatic N) is 4. The van der Waals surface area contributed by atoms with E-state index in [2.05, 4.69) is 43.8 Å². The largest absolute Gasteiger partial charge is 0.456 e. The molecule has 0 unspecified atom stereocenters. The van der Waals surface area contributed by atoms with Crippen molar-refractivity contribution < 1.29 is 18.1 Å². The van der Waals surface area contributed by atoms with Crippen molar-refractivity contribution in [1.29, 1.82) is 0 Å². The molecule has 0 fully saturated rings. The van der Waals surface area contributed by atoms with E-state index < -0.39 is 60.4 Å². The molecule has 44 heavy (non-hydrogen) atoms. The average molecular weight is 575 g/mol. The highest BCUT2D eigenvalue weighted by molar-refractivity contribution is 6.10. The predicted octanol–water partition coefficient (Wildman–Crippen LogP) is 9.87. The van der Waals surface area contributed by atoms with Gasteiger partial charge in [0.25, 0.3) is 0 Å². The van der Waals surface area contributed by atoms with Gasteiger partial charge in [-0.3, -0.25) is 0 Å². The molecule has 6 aromatic carbocycles. The van der Waals surface area contributed by atoms with Gasteiger partial charge in [-0.25, -0.2) is 15.0 Å². The number of hydrogen-bond acceptors (Lipinski definition) is 4. The molecule has 3 heterocycles. The highest BCUT2D eigenvalue weighted by Gasteiger charge is 2.16. The molecule has 0 N–H and O–H groups in total. The van der Waals surface area contributed by atoms with E-state index in [0.717, 1.165) is 32.9 Å². The van der Waals surface area contributed by atoms with E-state index in [0.29, 0.717) is 22.1 Å². The van der Waals surface area contributed by atoms with Gasteiger partial charge in [-0.2, -0.15) is 0 Å². The average Bonchev–Trinajstić information content (AvgIpc) is 3.73. The van der Waals surface area contributed by atoms with Crippen LogP contribution in [0.1, 0.15) is 13.7 Å². The van der Waals surface area contributed by atoms with Crippen LogP contribution in [0.2, 0.25) is 0 Å². The summed E-state index contributed by atoms with van der Waals surface area (Å²) < 4.78 is 92.1. The zero-order chi connectivity index (χ0) is 37.7. The van der Waals surface area contributed by atoms with Crippen LogP contribution < -0.4 is 0 Å². The predicted molar refractivity (Wildman–Crippen MR) is 178 cm³/mol. The van der Waals surface area contributed by atoms with E-state index in [1.54, 1.807) is 18.2 Å². The van der Waals surface area contributed by atoms with Gasteiger partial charge in [0.1, 0.15) is 11.2 Å². The maximum absolute atomic E-state index is 8.62. The molecule has 0 radical (unpaired) electrons. The zero-order valence-corrected chi connectivity index (χ0v) is 22.8. The third-order valence-electron chi connectivity index (χ3n) is 7.63. The Kier molecular flexibility index (Phi) is 3.66. The lowest BCUT2D eigenvalue weighted by Crippen LogP contribution is -2.00. The first kappa shape index (κ1) is 16.5. The fourth-order valence-corrected chi connectivity index (χ4v) is 5.70. The van der Waals surface area contributed by atoms with Gasteiger partial charge in [0.2, 0.25) is 0 Å². The summed E-state index contributed by atoms with van der Waals surface area (Å²) in [6.07, 6.45) is 0. The van der Waals surface area contributed by atoms with E-state index in [-0.39, 0.29) is 28.6 Å². The highest BCUT2D eigenvalue weighted by Crippen LogP contribution is 2.37. The first-order chi connectivity index (χ1) is 25.9. The minimum atomic E-state index is -0.609.